The van der Waals surface area contributed by atoms with Crippen molar-refractivity contribution in [3.05, 3.63) is 70.3 Å². The first-order valence-electron chi connectivity index (χ1n) is 5.44. The maximum Gasteiger partial charge on any atom is 0.409 e. The van der Waals surface area contributed by atoms with E-state index >= 15 is 0 Å². The first kappa shape index (κ1) is 11.0. The van der Waals surface area contributed by atoms with Gasteiger partial charge in [-0.15, -0.1) is 0 Å². The Labute approximate surface area is 108 Å². The van der Waals surface area contributed by atoms with Crippen LogP contribution >= 0.6 is 11.6 Å². The smallest absolute Gasteiger partial charge is 0.409 e. The average Bonchev–Trinajstić information content (AvgIpc) is 2.38. The molecule has 4 heteroatoms. The van der Waals surface area contributed by atoms with Crippen LogP contribution in [0.1, 0.15) is 0 Å². The number of nitrogens with zero attached hydrogens (tertiary/aromatic N) is 1. The molecule has 0 atom stereocenters. The SMILES string of the molecule is O=c1oc2ccccc2cc1-[n+]1cccc(Cl)c1. The molecular weight excluding hydrogens is 250 g/mol. The highest BCUT2D eigenvalue weighted by molar-refractivity contribution is 6.30. The van der Waals surface area contributed by atoms with Gasteiger partial charge in [-0.25, -0.2) is 4.79 Å². The maximum atomic E-state index is 11.9. The van der Waals surface area contributed by atoms with Crippen molar-refractivity contribution in [1.29, 1.82) is 0 Å². The molecule has 0 saturated carbocycles. The highest BCUT2D eigenvalue weighted by atomic mass is 35.5. The van der Waals surface area contributed by atoms with E-state index in [1.165, 1.54) is 0 Å². The lowest BCUT2D eigenvalue weighted by molar-refractivity contribution is -0.597. The predicted molar refractivity (Wildman–Crippen MR) is 69.0 cm³/mol. The summed E-state index contributed by atoms with van der Waals surface area (Å²) in [5.41, 5.74) is 0.631. The molecule has 0 N–H and O–H groups in total. The Bertz CT molecular complexity index is 780. The summed E-state index contributed by atoms with van der Waals surface area (Å²) < 4.78 is 6.92. The van der Waals surface area contributed by atoms with Gasteiger partial charge in [0.2, 0.25) is 0 Å². The van der Waals surface area contributed by atoms with E-state index in [-0.39, 0.29) is 5.63 Å². The highest BCUT2D eigenvalue weighted by Crippen LogP contribution is 2.12. The van der Waals surface area contributed by atoms with Gasteiger partial charge in [0.1, 0.15) is 10.6 Å². The van der Waals surface area contributed by atoms with Gasteiger partial charge in [0, 0.05) is 17.5 Å². The number of para-hydroxylation sites is 1. The zero-order valence-corrected chi connectivity index (χ0v) is 10.1. The fourth-order valence-electron chi connectivity index (χ4n) is 1.83. The molecule has 3 rings (SSSR count). The minimum absolute atomic E-state index is 0.388. The zero-order valence-electron chi connectivity index (χ0n) is 9.34. The van der Waals surface area contributed by atoms with Gasteiger partial charge in [0.25, 0.3) is 5.69 Å². The predicted octanol–water partition coefficient (Wildman–Crippen LogP) is 2.72. The van der Waals surface area contributed by atoms with E-state index in [9.17, 15) is 4.79 Å². The summed E-state index contributed by atoms with van der Waals surface area (Å²) >= 11 is 5.91. The van der Waals surface area contributed by atoms with Gasteiger partial charge in [-0.05, 0) is 12.1 Å². The van der Waals surface area contributed by atoms with Crippen molar-refractivity contribution in [2.24, 2.45) is 0 Å². The van der Waals surface area contributed by atoms with Gasteiger partial charge in [-0.1, -0.05) is 29.8 Å². The summed E-state index contributed by atoms with van der Waals surface area (Å²) in [7, 11) is 0. The van der Waals surface area contributed by atoms with Gasteiger partial charge in [-0.2, -0.15) is 4.57 Å². The molecule has 0 spiro atoms. The Morgan fingerprint density at radius 3 is 2.78 bits per heavy atom. The van der Waals surface area contributed by atoms with Gasteiger partial charge >= 0.3 is 5.63 Å². The van der Waals surface area contributed by atoms with Crippen LogP contribution < -0.4 is 10.2 Å². The van der Waals surface area contributed by atoms with E-state index < -0.39 is 0 Å². The van der Waals surface area contributed by atoms with Crippen LogP contribution in [0.25, 0.3) is 16.7 Å². The second-order valence-corrected chi connectivity index (χ2v) is 4.32. The topological polar surface area (TPSA) is 34.1 Å². The lowest BCUT2D eigenvalue weighted by Gasteiger charge is -1.97. The van der Waals surface area contributed by atoms with Crippen LogP contribution in [0.15, 0.2) is 64.1 Å². The molecule has 2 heterocycles. The van der Waals surface area contributed by atoms with E-state index in [0.717, 1.165) is 5.39 Å². The van der Waals surface area contributed by atoms with Gasteiger partial charge in [0.15, 0.2) is 12.4 Å². The second-order valence-electron chi connectivity index (χ2n) is 3.89. The Balaban J connectivity index is 2.29. The number of halogens is 1. The summed E-state index contributed by atoms with van der Waals surface area (Å²) in [6.45, 7) is 0. The van der Waals surface area contributed by atoms with Crippen LogP contribution in [-0.4, -0.2) is 0 Å². The van der Waals surface area contributed by atoms with E-state index in [1.807, 2.05) is 18.2 Å². The summed E-state index contributed by atoms with van der Waals surface area (Å²) in [5.74, 6) is 0. The molecule has 18 heavy (non-hydrogen) atoms. The number of pyridine rings is 1. The van der Waals surface area contributed by atoms with E-state index in [2.05, 4.69) is 0 Å². The number of aromatic nitrogens is 1. The van der Waals surface area contributed by atoms with Crippen molar-refractivity contribution in [2.45, 2.75) is 0 Å². The highest BCUT2D eigenvalue weighted by Gasteiger charge is 2.14. The molecule has 0 aliphatic carbocycles. The third-order valence-electron chi connectivity index (χ3n) is 2.67. The lowest BCUT2D eigenvalue weighted by atomic mass is 10.2. The molecule has 0 saturated heterocycles. The van der Waals surface area contributed by atoms with Gasteiger partial charge in [-0.3, -0.25) is 0 Å². The molecule has 0 aliphatic heterocycles. The minimum atomic E-state index is -0.388. The van der Waals surface area contributed by atoms with Crippen LogP contribution in [0, 0.1) is 0 Å². The molecule has 0 bridgehead atoms. The quantitative estimate of drug-likeness (QED) is 0.497. The molecule has 0 radical (unpaired) electrons. The number of hydrogen-bond acceptors (Lipinski definition) is 2. The lowest BCUT2D eigenvalue weighted by Crippen LogP contribution is -2.35. The molecule has 0 amide bonds. The fourth-order valence-corrected chi connectivity index (χ4v) is 2.01. The van der Waals surface area contributed by atoms with Gasteiger partial charge in [0.05, 0.1) is 0 Å². The monoisotopic (exact) mass is 258 g/mol. The van der Waals surface area contributed by atoms with E-state index in [1.54, 1.807) is 41.2 Å². The average molecular weight is 259 g/mol. The number of benzene rings is 1. The molecule has 1 aromatic carbocycles. The molecule has 3 nitrogen and oxygen atoms in total. The van der Waals surface area contributed by atoms with Crippen LogP contribution in [0.4, 0.5) is 0 Å². The first-order valence-corrected chi connectivity index (χ1v) is 5.82. The molecule has 0 fully saturated rings. The summed E-state index contributed by atoms with van der Waals surface area (Å²) in [6.07, 6.45) is 3.43. The molecule has 0 unspecified atom stereocenters. The first-order chi connectivity index (χ1) is 8.74. The molecule has 3 aromatic rings. The Hall–Kier alpha value is -2.13. The van der Waals surface area contributed by atoms with Gasteiger partial charge < -0.3 is 4.42 Å². The second kappa shape index (κ2) is 4.27. The largest absolute Gasteiger partial charge is 0.418 e. The van der Waals surface area contributed by atoms with Crippen molar-refractivity contribution in [2.75, 3.05) is 0 Å². The van der Waals surface area contributed by atoms with Crippen LogP contribution in [0.3, 0.4) is 0 Å². The minimum Gasteiger partial charge on any atom is -0.418 e. The molecule has 2 aromatic heterocycles. The van der Waals surface area contributed by atoms with Crippen molar-refractivity contribution in [1.82, 2.24) is 0 Å². The number of rotatable bonds is 1. The Kier molecular flexibility index (Phi) is 2.61. The number of fused-ring (bicyclic) bond motifs is 1. The standard InChI is InChI=1S/C14H9ClNO2/c15-11-5-3-7-16(9-11)12-8-10-4-1-2-6-13(10)18-14(12)17/h1-9H/q+1. The summed E-state index contributed by atoms with van der Waals surface area (Å²) in [6, 6.07) is 12.7. The van der Waals surface area contributed by atoms with E-state index in [4.69, 9.17) is 16.0 Å². The Morgan fingerprint density at radius 1 is 1.11 bits per heavy atom. The van der Waals surface area contributed by atoms with Crippen molar-refractivity contribution >= 4 is 22.6 Å². The van der Waals surface area contributed by atoms with Crippen LogP contribution in [0.2, 0.25) is 5.02 Å². The Morgan fingerprint density at radius 2 is 1.94 bits per heavy atom. The van der Waals surface area contributed by atoms with Crippen molar-refractivity contribution in [3.63, 3.8) is 0 Å². The van der Waals surface area contributed by atoms with Crippen LogP contribution in [0.5, 0.6) is 0 Å². The van der Waals surface area contributed by atoms with Crippen LogP contribution in [-0.2, 0) is 0 Å². The zero-order chi connectivity index (χ0) is 12.5. The molecule has 88 valence electrons. The maximum absolute atomic E-state index is 11.9. The molecular formula is C14H9ClNO2+. The van der Waals surface area contributed by atoms with Crippen molar-refractivity contribution < 1.29 is 8.98 Å². The third kappa shape index (κ3) is 1.89. The normalized spacial score (nSPS) is 10.7. The number of hydrogen-bond donors (Lipinski definition) is 0. The molecule has 0 aliphatic rings. The fraction of sp³-hybridized carbons (Fsp3) is 0. The van der Waals surface area contributed by atoms with E-state index in [0.29, 0.717) is 16.3 Å². The summed E-state index contributed by atoms with van der Waals surface area (Å²) in [5, 5.41) is 1.43. The van der Waals surface area contributed by atoms with Crippen molar-refractivity contribution in [3.8, 4) is 5.69 Å². The third-order valence-corrected chi connectivity index (χ3v) is 2.89. The summed E-state index contributed by atoms with van der Waals surface area (Å²) in [4.78, 5) is 11.9.